The predicted octanol–water partition coefficient (Wildman–Crippen LogP) is 4.05. The molecule has 0 aromatic heterocycles. The molecule has 0 fully saturated rings. The zero-order chi connectivity index (χ0) is 24.7. The maximum Gasteiger partial charge on any atom is 0.264 e. The number of carbonyl (C=O) groups excluding carboxylic acids is 2. The lowest BCUT2D eigenvalue weighted by atomic mass is 10.1. The number of amides is 2. The molecule has 0 spiro atoms. The van der Waals surface area contributed by atoms with Crippen molar-refractivity contribution < 1.29 is 22.4 Å². The van der Waals surface area contributed by atoms with Crippen molar-refractivity contribution in [1.82, 2.24) is 5.32 Å². The number of rotatable bonds is 9. The number of sulfonamides is 1. The molecule has 0 atom stereocenters. The van der Waals surface area contributed by atoms with Crippen LogP contribution in [-0.2, 0) is 14.8 Å². The lowest BCUT2D eigenvalue weighted by Gasteiger charge is -2.24. The van der Waals surface area contributed by atoms with Crippen molar-refractivity contribution in [2.24, 2.45) is 5.92 Å². The van der Waals surface area contributed by atoms with Crippen molar-refractivity contribution in [2.75, 3.05) is 22.7 Å². The Bertz CT molecular complexity index is 1250. The molecule has 0 aliphatic heterocycles. The van der Waals surface area contributed by atoms with Gasteiger partial charge in [-0.25, -0.2) is 12.8 Å². The first kappa shape index (κ1) is 24.9. The predicted molar refractivity (Wildman–Crippen MR) is 130 cm³/mol. The van der Waals surface area contributed by atoms with Crippen LogP contribution in [0.4, 0.5) is 15.8 Å². The maximum atomic E-state index is 13.5. The molecule has 3 rings (SSSR count). The molecule has 178 valence electrons. The van der Waals surface area contributed by atoms with Crippen molar-refractivity contribution in [2.45, 2.75) is 18.7 Å². The molecular formula is C25H26FN3O4S. The fraction of sp³-hybridized carbons (Fsp3) is 0.200. The van der Waals surface area contributed by atoms with E-state index in [2.05, 4.69) is 10.6 Å². The molecule has 2 N–H and O–H groups in total. The van der Waals surface area contributed by atoms with Gasteiger partial charge in [0, 0.05) is 6.54 Å². The molecule has 0 saturated carbocycles. The van der Waals surface area contributed by atoms with E-state index < -0.39 is 28.3 Å². The Hall–Kier alpha value is -3.72. The summed E-state index contributed by atoms with van der Waals surface area (Å²) in [5.74, 6) is -1.30. The van der Waals surface area contributed by atoms with Crippen LogP contribution in [0.3, 0.4) is 0 Å². The SMILES string of the molecule is CC(C)CNC(=O)c1ccccc1NC(=O)CN(c1ccc(F)cc1)S(=O)(=O)c1ccccc1. The summed E-state index contributed by atoms with van der Waals surface area (Å²) in [6.07, 6.45) is 0. The molecule has 0 aliphatic rings. The van der Waals surface area contributed by atoms with E-state index in [-0.39, 0.29) is 33.7 Å². The average Bonchev–Trinajstić information content (AvgIpc) is 2.82. The van der Waals surface area contributed by atoms with Crippen LogP contribution in [-0.4, -0.2) is 33.3 Å². The van der Waals surface area contributed by atoms with E-state index in [1.165, 1.54) is 24.3 Å². The van der Waals surface area contributed by atoms with Crippen LogP contribution < -0.4 is 14.9 Å². The minimum Gasteiger partial charge on any atom is -0.352 e. The first-order chi connectivity index (χ1) is 16.2. The molecule has 34 heavy (non-hydrogen) atoms. The van der Waals surface area contributed by atoms with E-state index in [1.807, 2.05) is 13.8 Å². The Kier molecular flexibility index (Phi) is 8.01. The summed E-state index contributed by atoms with van der Waals surface area (Å²) in [6, 6.07) is 18.9. The number of nitrogens with zero attached hydrogens (tertiary/aromatic N) is 1. The van der Waals surface area contributed by atoms with Crippen LogP contribution in [0.1, 0.15) is 24.2 Å². The molecule has 0 bridgehead atoms. The lowest BCUT2D eigenvalue weighted by Crippen LogP contribution is -2.38. The van der Waals surface area contributed by atoms with Gasteiger partial charge in [-0.2, -0.15) is 0 Å². The second-order valence-electron chi connectivity index (χ2n) is 8.00. The molecule has 0 heterocycles. The van der Waals surface area contributed by atoms with Gasteiger partial charge in [-0.05, 0) is 54.4 Å². The summed E-state index contributed by atoms with van der Waals surface area (Å²) in [4.78, 5) is 25.5. The fourth-order valence-corrected chi connectivity index (χ4v) is 4.59. The van der Waals surface area contributed by atoms with Crippen LogP contribution in [0.15, 0.2) is 83.8 Å². The van der Waals surface area contributed by atoms with Crippen LogP contribution in [0.25, 0.3) is 0 Å². The third-order valence-corrected chi connectivity index (χ3v) is 6.64. The lowest BCUT2D eigenvalue weighted by molar-refractivity contribution is -0.114. The number of halogens is 1. The molecular weight excluding hydrogens is 457 g/mol. The summed E-state index contributed by atoms with van der Waals surface area (Å²) in [5.41, 5.74) is 0.643. The highest BCUT2D eigenvalue weighted by molar-refractivity contribution is 7.92. The molecule has 0 aliphatic carbocycles. The van der Waals surface area contributed by atoms with Gasteiger partial charge in [0.1, 0.15) is 12.4 Å². The fourth-order valence-electron chi connectivity index (χ4n) is 3.14. The second kappa shape index (κ2) is 10.9. The summed E-state index contributed by atoms with van der Waals surface area (Å²) < 4.78 is 41.0. The largest absolute Gasteiger partial charge is 0.352 e. The van der Waals surface area contributed by atoms with E-state index in [9.17, 15) is 22.4 Å². The molecule has 2 amide bonds. The molecule has 9 heteroatoms. The van der Waals surface area contributed by atoms with Crippen LogP contribution in [0.5, 0.6) is 0 Å². The number of carbonyl (C=O) groups is 2. The molecule has 3 aromatic rings. The maximum absolute atomic E-state index is 13.5. The van der Waals surface area contributed by atoms with Gasteiger partial charge >= 0.3 is 0 Å². The smallest absolute Gasteiger partial charge is 0.264 e. The Morgan fingerprint density at radius 3 is 2.18 bits per heavy atom. The van der Waals surface area contributed by atoms with Gasteiger partial charge in [-0.1, -0.05) is 44.2 Å². The first-order valence-corrected chi connectivity index (χ1v) is 12.1. The summed E-state index contributed by atoms with van der Waals surface area (Å²) in [6.45, 7) is 3.82. The zero-order valence-electron chi connectivity index (χ0n) is 18.9. The van der Waals surface area contributed by atoms with Gasteiger partial charge < -0.3 is 10.6 Å². The normalized spacial score (nSPS) is 11.2. The summed E-state index contributed by atoms with van der Waals surface area (Å²) >= 11 is 0. The van der Waals surface area contributed by atoms with Crippen molar-refractivity contribution in [1.29, 1.82) is 0 Å². The van der Waals surface area contributed by atoms with E-state index in [1.54, 1.807) is 42.5 Å². The van der Waals surface area contributed by atoms with Crippen molar-refractivity contribution in [3.63, 3.8) is 0 Å². The Morgan fingerprint density at radius 1 is 0.912 bits per heavy atom. The second-order valence-corrected chi connectivity index (χ2v) is 9.86. The van der Waals surface area contributed by atoms with Crippen LogP contribution in [0.2, 0.25) is 0 Å². The highest BCUT2D eigenvalue weighted by Gasteiger charge is 2.27. The highest BCUT2D eigenvalue weighted by atomic mass is 32.2. The van der Waals surface area contributed by atoms with Gasteiger partial charge in [0.2, 0.25) is 5.91 Å². The van der Waals surface area contributed by atoms with E-state index in [0.29, 0.717) is 6.54 Å². The minimum atomic E-state index is -4.13. The number of benzene rings is 3. The first-order valence-electron chi connectivity index (χ1n) is 10.7. The Labute approximate surface area is 198 Å². The van der Waals surface area contributed by atoms with Gasteiger partial charge in [0.15, 0.2) is 0 Å². The van der Waals surface area contributed by atoms with Crippen LogP contribution in [0, 0.1) is 11.7 Å². The zero-order valence-corrected chi connectivity index (χ0v) is 19.7. The third kappa shape index (κ3) is 6.20. The Morgan fingerprint density at radius 2 is 1.53 bits per heavy atom. The number of nitrogens with one attached hydrogen (secondary N) is 2. The molecule has 7 nitrogen and oxygen atoms in total. The van der Waals surface area contributed by atoms with E-state index >= 15 is 0 Å². The third-order valence-electron chi connectivity index (χ3n) is 4.85. The van der Waals surface area contributed by atoms with Crippen molar-refractivity contribution in [3.8, 4) is 0 Å². The molecule has 0 saturated heterocycles. The standard InChI is InChI=1S/C25H26FN3O4S/c1-18(2)16-27-25(31)22-10-6-7-11-23(22)28-24(30)17-29(20-14-12-19(26)13-15-20)34(32,33)21-8-4-3-5-9-21/h3-15,18H,16-17H2,1-2H3,(H,27,31)(H,28,30). The average molecular weight is 484 g/mol. The highest BCUT2D eigenvalue weighted by Crippen LogP contribution is 2.24. The monoisotopic (exact) mass is 483 g/mol. The number of para-hydroxylation sites is 1. The number of hydrogen-bond donors (Lipinski definition) is 2. The van der Waals surface area contributed by atoms with Crippen molar-refractivity contribution in [3.05, 3.63) is 90.2 Å². The van der Waals surface area contributed by atoms with Crippen molar-refractivity contribution >= 4 is 33.2 Å². The van der Waals surface area contributed by atoms with E-state index in [4.69, 9.17) is 0 Å². The molecule has 3 aromatic carbocycles. The molecule has 0 unspecified atom stereocenters. The summed E-state index contributed by atoms with van der Waals surface area (Å²) in [7, 11) is -4.13. The van der Waals surface area contributed by atoms with E-state index in [0.717, 1.165) is 16.4 Å². The molecule has 0 radical (unpaired) electrons. The Balaban J connectivity index is 1.88. The van der Waals surface area contributed by atoms with Gasteiger partial charge in [0.25, 0.3) is 15.9 Å². The quantitative estimate of drug-likeness (QED) is 0.480. The van der Waals surface area contributed by atoms with Gasteiger partial charge in [0.05, 0.1) is 21.8 Å². The van der Waals surface area contributed by atoms with Gasteiger partial charge in [-0.3, -0.25) is 13.9 Å². The summed E-state index contributed by atoms with van der Waals surface area (Å²) in [5, 5.41) is 5.43. The minimum absolute atomic E-state index is 0.0133. The van der Waals surface area contributed by atoms with Gasteiger partial charge in [-0.15, -0.1) is 0 Å². The number of anilines is 2. The topological polar surface area (TPSA) is 95.6 Å². The van der Waals surface area contributed by atoms with Crippen LogP contribution >= 0.6 is 0 Å². The number of hydrogen-bond acceptors (Lipinski definition) is 4.